The number of piperazine rings is 1. The standard InChI is InChI=1S/C14H19N5O/c1-10-7-18(8-11(2)15-10)14(20)9-19-13-6-4-3-5-12(13)16-17-19/h3-6,10-11,15H,7-9H2,1-2H3/t10-,11-/m0/s1. The number of nitrogens with one attached hydrogen (secondary N) is 1. The average Bonchev–Trinajstić information content (AvgIpc) is 2.81. The molecule has 106 valence electrons. The summed E-state index contributed by atoms with van der Waals surface area (Å²) in [6.07, 6.45) is 0. The lowest BCUT2D eigenvalue weighted by Gasteiger charge is -2.36. The smallest absolute Gasteiger partial charge is 0.244 e. The first kappa shape index (κ1) is 13.1. The van der Waals surface area contributed by atoms with Gasteiger partial charge in [0, 0.05) is 25.2 Å². The summed E-state index contributed by atoms with van der Waals surface area (Å²) in [5.74, 6) is 0.0980. The van der Waals surface area contributed by atoms with E-state index in [4.69, 9.17) is 0 Å². The van der Waals surface area contributed by atoms with E-state index in [9.17, 15) is 4.79 Å². The van der Waals surface area contributed by atoms with Gasteiger partial charge in [0.2, 0.25) is 5.91 Å². The molecule has 6 heteroatoms. The maximum absolute atomic E-state index is 12.4. The Labute approximate surface area is 117 Å². The molecule has 1 aromatic carbocycles. The van der Waals surface area contributed by atoms with Crippen LogP contribution >= 0.6 is 0 Å². The molecule has 1 saturated heterocycles. The van der Waals surface area contributed by atoms with Gasteiger partial charge in [-0.2, -0.15) is 0 Å². The van der Waals surface area contributed by atoms with Crippen LogP contribution in [0.15, 0.2) is 24.3 Å². The molecule has 2 heterocycles. The Morgan fingerprint density at radius 2 is 2.00 bits per heavy atom. The third kappa shape index (κ3) is 2.51. The number of benzene rings is 1. The van der Waals surface area contributed by atoms with E-state index in [1.54, 1.807) is 4.68 Å². The molecule has 1 amide bonds. The van der Waals surface area contributed by atoms with Crippen LogP contribution in [0.25, 0.3) is 11.0 Å². The van der Waals surface area contributed by atoms with E-state index in [-0.39, 0.29) is 12.5 Å². The number of aromatic nitrogens is 3. The Hall–Kier alpha value is -1.95. The van der Waals surface area contributed by atoms with Crippen molar-refractivity contribution in [3.05, 3.63) is 24.3 Å². The minimum absolute atomic E-state index is 0.0980. The minimum Gasteiger partial charge on any atom is -0.338 e. The highest BCUT2D eigenvalue weighted by Gasteiger charge is 2.25. The van der Waals surface area contributed by atoms with E-state index < -0.39 is 0 Å². The van der Waals surface area contributed by atoms with Gasteiger partial charge in [-0.1, -0.05) is 17.3 Å². The number of nitrogens with zero attached hydrogens (tertiary/aromatic N) is 4. The molecule has 2 atom stereocenters. The maximum atomic E-state index is 12.4. The molecule has 0 spiro atoms. The molecule has 6 nitrogen and oxygen atoms in total. The molecule has 1 aliphatic heterocycles. The van der Waals surface area contributed by atoms with Gasteiger partial charge in [-0.05, 0) is 26.0 Å². The van der Waals surface area contributed by atoms with Gasteiger partial charge in [-0.15, -0.1) is 5.10 Å². The van der Waals surface area contributed by atoms with E-state index >= 15 is 0 Å². The van der Waals surface area contributed by atoms with Crippen LogP contribution in [0.5, 0.6) is 0 Å². The van der Waals surface area contributed by atoms with Gasteiger partial charge in [-0.3, -0.25) is 4.79 Å². The SMILES string of the molecule is C[C@H]1CN(C(=O)Cn2nnc3ccccc32)C[C@H](C)N1. The molecule has 0 unspecified atom stereocenters. The van der Waals surface area contributed by atoms with Crippen molar-refractivity contribution in [1.29, 1.82) is 0 Å². The highest BCUT2D eigenvalue weighted by molar-refractivity contribution is 5.80. The Morgan fingerprint density at radius 1 is 1.30 bits per heavy atom. The van der Waals surface area contributed by atoms with Gasteiger partial charge in [0.25, 0.3) is 0 Å². The lowest BCUT2D eigenvalue weighted by atomic mass is 10.1. The van der Waals surface area contributed by atoms with Crippen molar-refractivity contribution in [1.82, 2.24) is 25.2 Å². The van der Waals surface area contributed by atoms with Crippen molar-refractivity contribution < 1.29 is 4.79 Å². The van der Waals surface area contributed by atoms with Crippen LogP contribution in [0.2, 0.25) is 0 Å². The predicted octanol–water partition coefficient (Wildman–Crippen LogP) is 0.640. The first-order chi connectivity index (χ1) is 9.63. The number of amides is 1. The number of para-hydroxylation sites is 1. The number of hydrogen-bond donors (Lipinski definition) is 1. The number of fused-ring (bicyclic) bond motifs is 1. The summed E-state index contributed by atoms with van der Waals surface area (Å²) < 4.78 is 1.68. The molecule has 1 aromatic heterocycles. The Morgan fingerprint density at radius 3 is 2.75 bits per heavy atom. The fourth-order valence-corrected chi connectivity index (χ4v) is 2.79. The molecule has 1 aliphatic rings. The number of carbonyl (C=O) groups is 1. The van der Waals surface area contributed by atoms with Crippen molar-refractivity contribution >= 4 is 16.9 Å². The molecule has 20 heavy (non-hydrogen) atoms. The van der Waals surface area contributed by atoms with Gasteiger partial charge in [0.15, 0.2) is 0 Å². The lowest BCUT2D eigenvalue weighted by Crippen LogP contribution is -2.56. The second kappa shape index (κ2) is 5.20. The summed E-state index contributed by atoms with van der Waals surface area (Å²) in [5, 5.41) is 11.6. The highest BCUT2D eigenvalue weighted by Crippen LogP contribution is 2.11. The maximum Gasteiger partial charge on any atom is 0.244 e. The zero-order chi connectivity index (χ0) is 14.1. The van der Waals surface area contributed by atoms with Crippen LogP contribution in [0.4, 0.5) is 0 Å². The van der Waals surface area contributed by atoms with Crippen LogP contribution in [0, 0.1) is 0 Å². The van der Waals surface area contributed by atoms with E-state index in [2.05, 4.69) is 29.5 Å². The van der Waals surface area contributed by atoms with Gasteiger partial charge >= 0.3 is 0 Å². The second-order valence-electron chi connectivity index (χ2n) is 5.50. The molecule has 1 N–H and O–H groups in total. The molecular weight excluding hydrogens is 254 g/mol. The van der Waals surface area contributed by atoms with Crippen LogP contribution in [-0.4, -0.2) is 51.0 Å². The van der Waals surface area contributed by atoms with Crippen LogP contribution in [0.3, 0.4) is 0 Å². The van der Waals surface area contributed by atoms with Crippen molar-refractivity contribution in [2.45, 2.75) is 32.5 Å². The van der Waals surface area contributed by atoms with Crippen molar-refractivity contribution in [3.8, 4) is 0 Å². The van der Waals surface area contributed by atoms with E-state index in [1.165, 1.54) is 0 Å². The fraction of sp³-hybridized carbons (Fsp3) is 0.500. The van der Waals surface area contributed by atoms with Crippen LogP contribution in [-0.2, 0) is 11.3 Å². The van der Waals surface area contributed by atoms with Crippen molar-refractivity contribution in [3.63, 3.8) is 0 Å². The van der Waals surface area contributed by atoms with E-state index in [0.717, 1.165) is 24.1 Å². The summed E-state index contributed by atoms with van der Waals surface area (Å²) in [6.45, 7) is 5.94. The Balaban J connectivity index is 1.75. The molecule has 2 aromatic rings. The first-order valence-corrected chi connectivity index (χ1v) is 6.95. The molecule has 0 radical (unpaired) electrons. The third-order valence-electron chi connectivity index (χ3n) is 3.62. The van der Waals surface area contributed by atoms with E-state index in [1.807, 2.05) is 29.2 Å². The second-order valence-corrected chi connectivity index (χ2v) is 5.50. The largest absolute Gasteiger partial charge is 0.338 e. The summed E-state index contributed by atoms with van der Waals surface area (Å²) in [6, 6.07) is 8.35. The quantitative estimate of drug-likeness (QED) is 0.872. The highest BCUT2D eigenvalue weighted by atomic mass is 16.2. The van der Waals surface area contributed by atoms with Crippen LogP contribution in [0.1, 0.15) is 13.8 Å². The topological polar surface area (TPSA) is 63.1 Å². The predicted molar refractivity (Wildman–Crippen MR) is 76.2 cm³/mol. The van der Waals surface area contributed by atoms with Crippen molar-refractivity contribution in [2.75, 3.05) is 13.1 Å². The molecular formula is C14H19N5O. The number of carbonyl (C=O) groups excluding carboxylic acids is 1. The molecule has 0 aliphatic carbocycles. The molecule has 1 fully saturated rings. The molecule has 3 rings (SSSR count). The van der Waals surface area contributed by atoms with Gasteiger partial charge in [0.1, 0.15) is 12.1 Å². The monoisotopic (exact) mass is 273 g/mol. The van der Waals surface area contributed by atoms with Crippen molar-refractivity contribution in [2.24, 2.45) is 0 Å². The third-order valence-corrected chi connectivity index (χ3v) is 3.62. The molecule has 0 bridgehead atoms. The fourth-order valence-electron chi connectivity index (χ4n) is 2.79. The van der Waals surface area contributed by atoms with Gasteiger partial charge in [-0.25, -0.2) is 4.68 Å². The number of hydrogen-bond acceptors (Lipinski definition) is 4. The Kier molecular flexibility index (Phi) is 3.40. The minimum atomic E-state index is 0.0980. The zero-order valence-electron chi connectivity index (χ0n) is 11.8. The zero-order valence-corrected chi connectivity index (χ0v) is 11.8. The number of rotatable bonds is 2. The Bertz CT molecular complexity index is 613. The van der Waals surface area contributed by atoms with Gasteiger partial charge in [0.05, 0.1) is 5.52 Å². The van der Waals surface area contributed by atoms with E-state index in [0.29, 0.717) is 12.1 Å². The van der Waals surface area contributed by atoms with Crippen LogP contribution < -0.4 is 5.32 Å². The normalized spacial score (nSPS) is 23.2. The summed E-state index contributed by atoms with van der Waals surface area (Å²) in [5.41, 5.74) is 1.72. The lowest BCUT2D eigenvalue weighted by molar-refractivity contribution is -0.133. The summed E-state index contributed by atoms with van der Waals surface area (Å²) >= 11 is 0. The van der Waals surface area contributed by atoms with Gasteiger partial charge < -0.3 is 10.2 Å². The summed E-state index contributed by atoms with van der Waals surface area (Å²) in [7, 11) is 0. The molecule has 0 saturated carbocycles. The summed E-state index contributed by atoms with van der Waals surface area (Å²) in [4.78, 5) is 14.3. The average molecular weight is 273 g/mol. The first-order valence-electron chi connectivity index (χ1n) is 6.95.